The molecule has 90 valence electrons. The third-order valence-electron chi connectivity index (χ3n) is 2.58. The first-order valence-corrected chi connectivity index (χ1v) is 5.28. The molecule has 0 atom stereocenters. The average Bonchev–Trinajstić information content (AvgIpc) is 2.64. The van der Waals surface area contributed by atoms with Gasteiger partial charge in [-0.15, -0.1) is 0 Å². The molecule has 2 N–H and O–H groups in total. The fraction of sp³-hybridized carbons (Fsp3) is 0.250. The van der Waals surface area contributed by atoms with Crippen LogP contribution in [0.1, 0.15) is 19.9 Å². The van der Waals surface area contributed by atoms with Gasteiger partial charge >= 0.3 is 0 Å². The third kappa shape index (κ3) is 2.00. The molecule has 2 rings (SSSR count). The summed E-state index contributed by atoms with van der Waals surface area (Å²) in [5, 5.41) is 0. The van der Waals surface area contributed by atoms with Gasteiger partial charge in [0.2, 0.25) is 0 Å². The van der Waals surface area contributed by atoms with Crippen LogP contribution in [0.4, 0.5) is 14.6 Å². The van der Waals surface area contributed by atoms with Gasteiger partial charge < -0.3 is 10.3 Å². The first-order valence-electron chi connectivity index (χ1n) is 5.28. The first-order chi connectivity index (χ1) is 8.00. The number of aromatic nitrogens is 2. The van der Waals surface area contributed by atoms with Gasteiger partial charge in [-0.3, -0.25) is 0 Å². The summed E-state index contributed by atoms with van der Waals surface area (Å²) in [4.78, 5) is 4.13. The molecule has 0 aliphatic rings. The minimum Gasteiger partial charge on any atom is -0.383 e. The summed E-state index contributed by atoms with van der Waals surface area (Å²) in [7, 11) is 0. The molecule has 0 fully saturated rings. The summed E-state index contributed by atoms with van der Waals surface area (Å²) in [5.74, 6) is -1.33. The third-order valence-corrected chi connectivity index (χ3v) is 2.58. The molecule has 3 nitrogen and oxygen atoms in total. The van der Waals surface area contributed by atoms with Gasteiger partial charge in [0.15, 0.2) is 11.6 Å². The van der Waals surface area contributed by atoms with E-state index in [0.29, 0.717) is 17.1 Å². The van der Waals surface area contributed by atoms with Crippen molar-refractivity contribution in [3.63, 3.8) is 0 Å². The molecule has 1 aromatic heterocycles. The lowest BCUT2D eigenvalue weighted by atomic mass is 10.1. The Hall–Kier alpha value is -1.91. The Kier molecular flexibility index (Phi) is 2.83. The Labute approximate surface area is 97.9 Å². The lowest BCUT2D eigenvalue weighted by Gasteiger charge is -2.09. The van der Waals surface area contributed by atoms with E-state index in [2.05, 4.69) is 4.98 Å². The van der Waals surface area contributed by atoms with E-state index >= 15 is 0 Å². The van der Waals surface area contributed by atoms with E-state index in [-0.39, 0.29) is 6.04 Å². The summed E-state index contributed by atoms with van der Waals surface area (Å²) in [5.41, 5.74) is 6.85. The van der Waals surface area contributed by atoms with Crippen molar-refractivity contribution in [2.75, 3.05) is 5.73 Å². The number of anilines is 1. The molecular weight excluding hydrogens is 224 g/mol. The summed E-state index contributed by atoms with van der Waals surface area (Å²) >= 11 is 0. The van der Waals surface area contributed by atoms with Crippen LogP contribution in [0.25, 0.3) is 11.3 Å². The number of nitrogens with zero attached hydrogens (tertiary/aromatic N) is 2. The zero-order chi connectivity index (χ0) is 12.6. The van der Waals surface area contributed by atoms with Gasteiger partial charge in [-0.05, 0) is 32.0 Å². The number of rotatable bonds is 2. The topological polar surface area (TPSA) is 43.8 Å². The first kappa shape index (κ1) is 11.6. The molecule has 0 spiro atoms. The second-order valence-electron chi connectivity index (χ2n) is 4.11. The van der Waals surface area contributed by atoms with Crippen molar-refractivity contribution in [2.45, 2.75) is 19.9 Å². The Morgan fingerprint density at radius 2 is 1.94 bits per heavy atom. The lowest BCUT2D eigenvalue weighted by Crippen LogP contribution is -2.04. The number of benzene rings is 1. The van der Waals surface area contributed by atoms with E-state index in [9.17, 15) is 8.78 Å². The Bertz CT molecular complexity index is 547. The van der Waals surface area contributed by atoms with Crippen molar-refractivity contribution >= 4 is 5.82 Å². The zero-order valence-electron chi connectivity index (χ0n) is 9.61. The zero-order valence-corrected chi connectivity index (χ0v) is 9.61. The van der Waals surface area contributed by atoms with Crippen LogP contribution < -0.4 is 5.73 Å². The van der Waals surface area contributed by atoms with Crippen LogP contribution in [0.2, 0.25) is 0 Å². The molecule has 0 amide bonds. The fourth-order valence-corrected chi connectivity index (χ4v) is 1.65. The maximum absolute atomic E-state index is 13.1. The Morgan fingerprint density at radius 3 is 2.47 bits per heavy atom. The van der Waals surface area contributed by atoms with Crippen molar-refractivity contribution in [2.24, 2.45) is 0 Å². The monoisotopic (exact) mass is 237 g/mol. The standard InChI is InChI=1S/C12H13F2N3/c1-7(2)17-6-16-11(12(17)15)8-3-4-9(13)10(14)5-8/h3-7H,15H2,1-2H3. The van der Waals surface area contributed by atoms with E-state index in [1.54, 1.807) is 10.9 Å². The van der Waals surface area contributed by atoms with Gasteiger partial charge in [0.25, 0.3) is 0 Å². The van der Waals surface area contributed by atoms with Crippen LogP contribution in [-0.4, -0.2) is 9.55 Å². The van der Waals surface area contributed by atoms with E-state index in [1.165, 1.54) is 6.07 Å². The van der Waals surface area contributed by atoms with Crippen molar-refractivity contribution < 1.29 is 8.78 Å². The summed E-state index contributed by atoms with van der Waals surface area (Å²) in [6.07, 6.45) is 1.59. The van der Waals surface area contributed by atoms with Crippen LogP contribution >= 0.6 is 0 Å². The molecule has 0 saturated carbocycles. The number of nitrogens with two attached hydrogens (primary N) is 1. The van der Waals surface area contributed by atoms with Crippen LogP contribution in [0.5, 0.6) is 0 Å². The number of nitrogen functional groups attached to an aromatic ring is 1. The van der Waals surface area contributed by atoms with Gasteiger partial charge in [-0.2, -0.15) is 0 Å². The van der Waals surface area contributed by atoms with Crippen molar-refractivity contribution in [3.8, 4) is 11.3 Å². The highest BCUT2D eigenvalue weighted by Crippen LogP contribution is 2.27. The molecule has 0 unspecified atom stereocenters. The van der Waals surface area contributed by atoms with Gasteiger partial charge in [-0.25, -0.2) is 13.8 Å². The smallest absolute Gasteiger partial charge is 0.159 e. The highest BCUT2D eigenvalue weighted by molar-refractivity contribution is 5.70. The molecule has 1 aromatic carbocycles. The Morgan fingerprint density at radius 1 is 1.24 bits per heavy atom. The largest absolute Gasteiger partial charge is 0.383 e. The van der Waals surface area contributed by atoms with E-state index in [1.807, 2.05) is 13.8 Å². The van der Waals surface area contributed by atoms with E-state index in [4.69, 9.17) is 5.73 Å². The molecule has 17 heavy (non-hydrogen) atoms. The molecule has 0 saturated heterocycles. The van der Waals surface area contributed by atoms with Gasteiger partial charge in [-0.1, -0.05) is 0 Å². The van der Waals surface area contributed by atoms with Crippen LogP contribution in [0, 0.1) is 11.6 Å². The summed E-state index contributed by atoms with van der Waals surface area (Å²) < 4.78 is 27.7. The van der Waals surface area contributed by atoms with Crippen molar-refractivity contribution in [1.82, 2.24) is 9.55 Å². The number of imidazole rings is 1. The van der Waals surface area contributed by atoms with Gasteiger partial charge in [0, 0.05) is 11.6 Å². The SMILES string of the molecule is CC(C)n1cnc(-c2ccc(F)c(F)c2)c1N. The molecule has 0 aliphatic carbocycles. The number of hydrogen-bond acceptors (Lipinski definition) is 2. The number of halogens is 2. The van der Waals surface area contributed by atoms with Crippen molar-refractivity contribution in [3.05, 3.63) is 36.2 Å². The normalized spacial score (nSPS) is 11.1. The molecule has 0 radical (unpaired) electrons. The van der Waals surface area contributed by atoms with Crippen molar-refractivity contribution in [1.29, 1.82) is 0 Å². The quantitative estimate of drug-likeness (QED) is 0.872. The second kappa shape index (κ2) is 4.16. The minimum absolute atomic E-state index is 0.168. The highest BCUT2D eigenvalue weighted by atomic mass is 19.2. The fourth-order valence-electron chi connectivity index (χ4n) is 1.65. The second-order valence-corrected chi connectivity index (χ2v) is 4.11. The molecule has 2 aromatic rings. The predicted octanol–water partition coefficient (Wildman–Crippen LogP) is 2.99. The molecule has 0 bridgehead atoms. The predicted molar refractivity (Wildman–Crippen MR) is 62.4 cm³/mol. The van der Waals surface area contributed by atoms with E-state index in [0.717, 1.165) is 12.1 Å². The van der Waals surface area contributed by atoms with Gasteiger partial charge in [0.1, 0.15) is 11.5 Å². The lowest BCUT2D eigenvalue weighted by molar-refractivity contribution is 0.509. The van der Waals surface area contributed by atoms with Gasteiger partial charge in [0.05, 0.1) is 6.33 Å². The molecule has 0 aliphatic heterocycles. The summed E-state index contributed by atoms with van der Waals surface area (Å²) in [6.45, 7) is 3.93. The minimum atomic E-state index is -0.902. The molecule has 5 heteroatoms. The maximum Gasteiger partial charge on any atom is 0.159 e. The Balaban J connectivity index is 2.50. The molecular formula is C12H13F2N3. The van der Waals surface area contributed by atoms with Crippen LogP contribution in [0.15, 0.2) is 24.5 Å². The van der Waals surface area contributed by atoms with E-state index < -0.39 is 11.6 Å². The summed E-state index contributed by atoms with van der Waals surface area (Å²) in [6, 6.07) is 3.79. The average molecular weight is 237 g/mol. The highest BCUT2D eigenvalue weighted by Gasteiger charge is 2.13. The molecule has 1 heterocycles. The maximum atomic E-state index is 13.1. The van der Waals surface area contributed by atoms with Crippen LogP contribution in [-0.2, 0) is 0 Å². The number of hydrogen-bond donors (Lipinski definition) is 1. The van der Waals surface area contributed by atoms with Crippen LogP contribution in [0.3, 0.4) is 0 Å².